The fourth-order valence-electron chi connectivity index (χ4n) is 4.39. The zero-order valence-electron chi connectivity index (χ0n) is 12.6. The number of nitrogens with one attached hydrogen (secondary N) is 1. The first kappa shape index (κ1) is 13.6. The lowest BCUT2D eigenvalue weighted by atomic mass is 9.87. The van der Waals surface area contributed by atoms with Crippen LogP contribution in [0, 0.1) is 17.8 Å². The van der Waals surface area contributed by atoms with Gasteiger partial charge in [-0.25, -0.2) is 0 Å². The van der Waals surface area contributed by atoms with E-state index in [4.69, 9.17) is 0 Å². The second-order valence-electron chi connectivity index (χ2n) is 7.09. The molecule has 19 heavy (non-hydrogen) atoms. The van der Waals surface area contributed by atoms with Crippen molar-refractivity contribution < 1.29 is 0 Å². The number of hydrogen-bond donors (Lipinski definition) is 1. The monoisotopic (exact) mass is 262 g/mol. The SMILES string of the molecule is CC(NCC(C)N1CCCCC1)C1CC2C=CC1C2. The summed E-state index contributed by atoms with van der Waals surface area (Å²) in [6, 6.07) is 1.39. The van der Waals surface area contributed by atoms with Crippen molar-refractivity contribution in [2.75, 3.05) is 19.6 Å². The zero-order chi connectivity index (χ0) is 13.2. The predicted molar refractivity (Wildman–Crippen MR) is 81.2 cm³/mol. The van der Waals surface area contributed by atoms with E-state index in [1.165, 1.54) is 51.7 Å². The highest BCUT2D eigenvalue weighted by atomic mass is 15.2. The van der Waals surface area contributed by atoms with Crippen molar-refractivity contribution in [2.24, 2.45) is 17.8 Å². The van der Waals surface area contributed by atoms with E-state index in [2.05, 4.69) is 36.2 Å². The number of piperidine rings is 1. The Morgan fingerprint density at radius 1 is 1.11 bits per heavy atom. The summed E-state index contributed by atoms with van der Waals surface area (Å²) in [7, 11) is 0. The van der Waals surface area contributed by atoms with Gasteiger partial charge in [-0.05, 0) is 70.4 Å². The Morgan fingerprint density at radius 2 is 1.89 bits per heavy atom. The minimum atomic E-state index is 0.687. The number of allylic oxidation sites excluding steroid dienone is 2. The molecule has 2 bridgehead atoms. The fraction of sp³-hybridized carbons (Fsp3) is 0.882. The van der Waals surface area contributed by atoms with E-state index >= 15 is 0 Å². The number of hydrogen-bond acceptors (Lipinski definition) is 2. The highest BCUT2D eigenvalue weighted by Gasteiger charge is 2.38. The number of rotatable bonds is 5. The normalized spacial score (nSPS) is 37.7. The van der Waals surface area contributed by atoms with Crippen LogP contribution in [0.25, 0.3) is 0 Å². The van der Waals surface area contributed by atoms with E-state index in [9.17, 15) is 0 Å². The molecule has 3 rings (SSSR count). The first-order valence-corrected chi connectivity index (χ1v) is 8.40. The molecule has 5 unspecified atom stereocenters. The maximum Gasteiger partial charge on any atom is 0.0192 e. The molecule has 2 fully saturated rings. The van der Waals surface area contributed by atoms with E-state index in [0.29, 0.717) is 12.1 Å². The van der Waals surface area contributed by atoms with Gasteiger partial charge in [0, 0.05) is 18.6 Å². The molecule has 0 aromatic carbocycles. The summed E-state index contributed by atoms with van der Waals surface area (Å²) in [5.41, 5.74) is 0. The van der Waals surface area contributed by atoms with Crippen molar-refractivity contribution in [3.8, 4) is 0 Å². The Balaban J connectivity index is 1.42. The summed E-state index contributed by atoms with van der Waals surface area (Å²) in [4.78, 5) is 2.67. The maximum absolute atomic E-state index is 3.83. The Kier molecular flexibility index (Phi) is 4.28. The molecule has 5 atom stereocenters. The Morgan fingerprint density at radius 3 is 2.53 bits per heavy atom. The fourth-order valence-corrected chi connectivity index (χ4v) is 4.39. The molecule has 108 valence electrons. The molecule has 3 aliphatic rings. The summed E-state index contributed by atoms with van der Waals surface area (Å²) in [6.45, 7) is 8.59. The van der Waals surface area contributed by atoms with Gasteiger partial charge in [-0.3, -0.25) is 4.90 Å². The van der Waals surface area contributed by atoms with Crippen LogP contribution in [0.3, 0.4) is 0 Å². The lowest BCUT2D eigenvalue weighted by molar-refractivity contribution is 0.164. The smallest absolute Gasteiger partial charge is 0.0192 e. The van der Waals surface area contributed by atoms with Crippen LogP contribution in [0.15, 0.2) is 12.2 Å². The van der Waals surface area contributed by atoms with Crippen molar-refractivity contribution in [3.05, 3.63) is 12.2 Å². The van der Waals surface area contributed by atoms with Crippen molar-refractivity contribution in [3.63, 3.8) is 0 Å². The van der Waals surface area contributed by atoms with Gasteiger partial charge in [0.15, 0.2) is 0 Å². The third-order valence-corrected chi connectivity index (χ3v) is 5.72. The minimum Gasteiger partial charge on any atom is -0.312 e. The van der Waals surface area contributed by atoms with Gasteiger partial charge >= 0.3 is 0 Å². The number of nitrogens with zero attached hydrogens (tertiary/aromatic N) is 1. The van der Waals surface area contributed by atoms with Crippen LogP contribution >= 0.6 is 0 Å². The second-order valence-corrected chi connectivity index (χ2v) is 7.09. The van der Waals surface area contributed by atoms with Crippen molar-refractivity contribution in [1.29, 1.82) is 0 Å². The first-order chi connectivity index (χ1) is 9.24. The lowest BCUT2D eigenvalue weighted by Gasteiger charge is -2.34. The highest BCUT2D eigenvalue weighted by molar-refractivity contribution is 5.11. The Bertz CT molecular complexity index is 319. The Hall–Kier alpha value is -0.340. The van der Waals surface area contributed by atoms with E-state index in [1.807, 2.05) is 0 Å². The van der Waals surface area contributed by atoms with Gasteiger partial charge < -0.3 is 5.32 Å². The second kappa shape index (κ2) is 5.97. The third-order valence-electron chi connectivity index (χ3n) is 5.72. The molecule has 2 aliphatic carbocycles. The summed E-state index contributed by atoms with van der Waals surface area (Å²) < 4.78 is 0. The van der Waals surface area contributed by atoms with Crippen molar-refractivity contribution in [1.82, 2.24) is 10.2 Å². The lowest BCUT2D eigenvalue weighted by Crippen LogP contribution is -2.46. The first-order valence-electron chi connectivity index (χ1n) is 8.40. The zero-order valence-corrected chi connectivity index (χ0v) is 12.6. The molecule has 0 aromatic rings. The van der Waals surface area contributed by atoms with E-state index in [1.54, 1.807) is 0 Å². The average molecular weight is 262 g/mol. The maximum atomic E-state index is 3.83. The van der Waals surface area contributed by atoms with Gasteiger partial charge in [-0.15, -0.1) is 0 Å². The predicted octanol–water partition coefficient (Wildman–Crippen LogP) is 3.05. The molecule has 0 amide bonds. The summed E-state index contributed by atoms with van der Waals surface area (Å²) in [5, 5.41) is 3.83. The van der Waals surface area contributed by atoms with Crippen molar-refractivity contribution >= 4 is 0 Å². The highest BCUT2D eigenvalue weighted by Crippen LogP contribution is 2.44. The van der Waals surface area contributed by atoms with E-state index in [-0.39, 0.29) is 0 Å². The largest absolute Gasteiger partial charge is 0.312 e. The van der Waals surface area contributed by atoms with Crippen LogP contribution in [-0.4, -0.2) is 36.6 Å². The standard InChI is InChI=1S/C17H30N2/c1-13(19-8-4-3-5-9-19)12-18-14(2)17-11-15-6-7-16(17)10-15/h6-7,13-18H,3-5,8-12H2,1-2H3. The molecule has 1 saturated carbocycles. The van der Waals surface area contributed by atoms with Crippen molar-refractivity contribution in [2.45, 2.75) is 58.0 Å². The molecular formula is C17H30N2. The molecule has 1 N–H and O–H groups in total. The topological polar surface area (TPSA) is 15.3 Å². The van der Waals surface area contributed by atoms with E-state index in [0.717, 1.165) is 17.8 Å². The molecule has 0 spiro atoms. The van der Waals surface area contributed by atoms with Gasteiger partial charge in [0.25, 0.3) is 0 Å². The summed E-state index contributed by atoms with van der Waals surface area (Å²) in [5.74, 6) is 2.67. The molecule has 2 heteroatoms. The van der Waals surface area contributed by atoms with Gasteiger partial charge in [0.1, 0.15) is 0 Å². The van der Waals surface area contributed by atoms with Gasteiger partial charge in [0.05, 0.1) is 0 Å². The average Bonchev–Trinajstić information content (AvgIpc) is 3.08. The molecule has 1 heterocycles. The minimum absolute atomic E-state index is 0.687. The summed E-state index contributed by atoms with van der Waals surface area (Å²) >= 11 is 0. The van der Waals surface area contributed by atoms with Crippen LogP contribution in [-0.2, 0) is 0 Å². The molecular weight excluding hydrogens is 232 g/mol. The third kappa shape index (κ3) is 3.05. The molecule has 0 aromatic heterocycles. The molecule has 1 saturated heterocycles. The molecule has 1 aliphatic heterocycles. The Labute approximate surface area is 118 Å². The molecule has 2 nitrogen and oxygen atoms in total. The van der Waals surface area contributed by atoms with Gasteiger partial charge in [-0.2, -0.15) is 0 Å². The van der Waals surface area contributed by atoms with Crippen LogP contribution < -0.4 is 5.32 Å². The van der Waals surface area contributed by atoms with Crippen LogP contribution in [0.4, 0.5) is 0 Å². The van der Waals surface area contributed by atoms with Gasteiger partial charge in [-0.1, -0.05) is 18.6 Å². The van der Waals surface area contributed by atoms with Crippen LogP contribution in [0.2, 0.25) is 0 Å². The number of likely N-dealkylation sites (tertiary alicyclic amines) is 1. The summed E-state index contributed by atoms with van der Waals surface area (Å²) in [6.07, 6.45) is 12.0. The van der Waals surface area contributed by atoms with E-state index < -0.39 is 0 Å². The quantitative estimate of drug-likeness (QED) is 0.766. The van der Waals surface area contributed by atoms with Crippen LogP contribution in [0.1, 0.15) is 46.0 Å². The van der Waals surface area contributed by atoms with Gasteiger partial charge in [0.2, 0.25) is 0 Å². The van der Waals surface area contributed by atoms with Crippen LogP contribution in [0.5, 0.6) is 0 Å². The molecule has 0 radical (unpaired) electrons. The number of fused-ring (bicyclic) bond motifs is 2.